The van der Waals surface area contributed by atoms with E-state index in [1.54, 1.807) is 6.33 Å². The first-order valence-corrected chi connectivity index (χ1v) is 7.51. The number of aryl methyl sites for hydroxylation is 3. The van der Waals surface area contributed by atoms with Crippen LogP contribution in [0.4, 0.5) is 5.69 Å². The second-order valence-electron chi connectivity index (χ2n) is 5.91. The summed E-state index contributed by atoms with van der Waals surface area (Å²) in [4.78, 5) is 4.95. The van der Waals surface area contributed by atoms with Crippen molar-refractivity contribution in [2.24, 2.45) is 7.05 Å². The Kier molecular flexibility index (Phi) is 3.92. The maximum atomic E-state index is 4.17. The Hall–Kier alpha value is -1.88. The summed E-state index contributed by atoms with van der Waals surface area (Å²) < 4.78 is 2.00. The van der Waals surface area contributed by atoms with E-state index in [9.17, 15) is 0 Å². The molecular weight excluding hydrogens is 262 g/mol. The molecule has 0 amide bonds. The van der Waals surface area contributed by atoms with Crippen LogP contribution in [0.25, 0.3) is 0 Å². The van der Waals surface area contributed by atoms with Gasteiger partial charge in [-0.05, 0) is 31.0 Å². The standard InChI is InChI=1S/C16H23N5/c1-13-4-5-14(2)15(10-13)21-8-6-20(7-9-21)11-16-18-17-12-19(16)3/h4-5,10,12H,6-9,11H2,1-3H3. The van der Waals surface area contributed by atoms with Crippen molar-refractivity contribution in [3.05, 3.63) is 41.5 Å². The van der Waals surface area contributed by atoms with Gasteiger partial charge in [0.1, 0.15) is 12.2 Å². The topological polar surface area (TPSA) is 37.2 Å². The number of benzene rings is 1. The molecule has 0 saturated carbocycles. The predicted octanol–water partition coefficient (Wildman–Crippen LogP) is 1.75. The monoisotopic (exact) mass is 285 g/mol. The molecule has 1 saturated heterocycles. The van der Waals surface area contributed by atoms with Crippen LogP contribution in [0, 0.1) is 13.8 Å². The second-order valence-corrected chi connectivity index (χ2v) is 5.91. The van der Waals surface area contributed by atoms with E-state index >= 15 is 0 Å². The van der Waals surface area contributed by atoms with Gasteiger partial charge in [0.2, 0.25) is 0 Å². The Balaban J connectivity index is 1.62. The SMILES string of the molecule is Cc1ccc(C)c(N2CCN(Cc3nncn3C)CC2)c1. The van der Waals surface area contributed by atoms with E-state index in [0.29, 0.717) is 0 Å². The van der Waals surface area contributed by atoms with Gasteiger partial charge < -0.3 is 9.47 Å². The smallest absolute Gasteiger partial charge is 0.146 e. The first kappa shape index (κ1) is 14.1. The molecule has 0 bridgehead atoms. The Morgan fingerprint density at radius 1 is 1.10 bits per heavy atom. The number of piperazine rings is 1. The van der Waals surface area contributed by atoms with Crippen LogP contribution in [-0.4, -0.2) is 45.8 Å². The Bertz CT molecular complexity index is 611. The third-order valence-electron chi connectivity index (χ3n) is 4.25. The molecule has 0 spiro atoms. The van der Waals surface area contributed by atoms with Gasteiger partial charge in [0.05, 0.1) is 6.54 Å². The van der Waals surface area contributed by atoms with Crippen molar-refractivity contribution in [3.8, 4) is 0 Å². The van der Waals surface area contributed by atoms with Crippen molar-refractivity contribution in [3.63, 3.8) is 0 Å². The molecule has 1 aromatic carbocycles. The van der Waals surface area contributed by atoms with Crippen LogP contribution in [0.1, 0.15) is 17.0 Å². The molecule has 1 aliphatic heterocycles. The number of hydrogen-bond acceptors (Lipinski definition) is 4. The van der Waals surface area contributed by atoms with Gasteiger partial charge in [-0.15, -0.1) is 10.2 Å². The van der Waals surface area contributed by atoms with Gasteiger partial charge in [-0.25, -0.2) is 0 Å². The summed E-state index contributed by atoms with van der Waals surface area (Å²) in [5.41, 5.74) is 4.08. The zero-order chi connectivity index (χ0) is 14.8. The third-order valence-corrected chi connectivity index (χ3v) is 4.25. The highest BCUT2D eigenvalue weighted by molar-refractivity contribution is 5.55. The Labute approximate surface area is 126 Å². The van der Waals surface area contributed by atoms with E-state index in [1.807, 2.05) is 11.6 Å². The number of rotatable bonds is 3. The molecule has 112 valence electrons. The lowest BCUT2D eigenvalue weighted by atomic mass is 10.1. The molecule has 0 unspecified atom stereocenters. The van der Waals surface area contributed by atoms with Gasteiger partial charge in [-0.2, -0.15) is 0 Å². The minimum absolute atomic E-state index is 0.886. The quantitative estimate of drug-likeness (QED) is 0.861. The summed E-state index contributed by atoms with van der Waals surface area (Å²) in [6.07, 6.45) is 1.77. The summed E-state index contributed by atoms with van der Waals surface area (Å²) in [5, 5.41) is 8.12. The van der Waals surface area contributed by atoms with Gasteiger partial charge in [0.25, 0.3) is 0 Å². The second kappa shape index (κ2) is 5.85. The van der Waals surface area contributed by atoms with Crippen molar-refractivity contribution in [2.45, 2.75) is 20.4 Å². The van der Waals surface area contributed by atoms with Crippen molar-refractivity contribution < 1.29 is 0 Å². The molecule has 5 heteroatoms. The molecule has 0 radical (unpaired) electrons. The highest BCUT2D eigenvalue weighted by Gasteiger charge is 2.19. The van der Waals surface area contributed by atoms with Crippen molar-refractivity contribution >= 4 is 5.69 Å². The molecule has 3 rings (SSSR count). The van der Waals surface area contributed by atoms with E-state index in [1.165, 1.54) is 16.8 Å². The van der Waals surface area contributed by atoms with E-state index in [-0.39, 0.29) is 0 Å². The minimum atomic E-state index is 0.886. The number of anilines is 1. The zero-order valence-electron chi connectivity index (χ0n) is 13.1. The highest BCUT2D eigenvalue weighted by Crippen LogP contribution is 2.23. The van der Waals surface area contributed by atoms with Crippen LogP contribution >= 0.6 is 0 Å². The van der Waals surface area contributed by atoms with Crippen LogP contribution in [0.3, 0.4) is 0 Å². The first-order valence-electron chi connectivity index (χ1n) is 7.51. The van der Waals surface area contributed by atoms with Crippen LogP contribution in [0.5, 0.6) is 0 Å². The maximum Gasteiger partial charge on any atom is 0.146 e. The number of nitrogens with zero attached hydrogens (tertiary/aromatic N) is 5. The molecule has 1 aliphatic rings. The minimum Gasteiger partial charge on any atom is -0.369 e. The molecule has 1 fully saturated rings. The largest absolute Gasteiger partial charge is 0.369 e. The fourth-order valence-corrected chi connectivity index (χ4v) is 2.86. The van der Waals surface area contributed by atoms with Crippen molar-refractivity contribution in [1.29, 1.82) is 0 Å². The van der Waals surface area contributed by atoms with E-state index in [4.69, 9.17) is 0 Å². The first-order chi connectivity index (χ1) is 10.1. The van der Waals surface area contributed by atoms with Gasteiger partial charge in [0, 0.05) is 38.9 Å². The zero-order valence-corrected chi connectivity index (χ0v) is 13.1. The fraction of sp³-hybridized carbons (Fsp3) is 0.500. The molecule has 1 aromatic heterocycles. The van der Waals surface area contributed by atoms with Crippen molar-refractivity contribution in [2.75, 3.05) is 31.1 Å². The maximum absolute atomic E-state index is 4.17. The summed E-state index contributed by atoms with van der Waals surface area (Å²) >= 11 is 0. The third kappa shape index (κ3) is 3.08. The number of aromatic nitrogens is 3. The Morgan fingerprint density at radius 2 is 1.86 bits per heavy atom. The van der Waals surface area contributed by atoms with Gasteiger partial charge in [-0.3, -0.25) is 4.90 Å². The molecule has 2 aromatic rings. The van der Waals surface area contributed by atoms with Gasteiger partial charge in [-0.1, -0.05) is 12.1 Å². The molecular formula is C16H23N5. The summed E-state index contributed by atoms with van der Waals surface area (Å²) in [6, 6.07) is 6.70. The number of hydrogen-bond donors (Lipinski definition) is 0. The lowest BCUT2D eigenvalue weighted by Crippen LogP contribution is -2.46. The average Bonchev–Trinajstić information content (AvgIpc) is 2.88. The van der Waals surface area contributed by atoms with Crippen LogP contribution < -0.4 is 4.90 Å². The molecule has 0 N–H and O–H groups in total. The predicted molar refractivity (Wildman–Crippen MR) is 84.4 cm³/mol. The molecule has 5 nitrogen and oxygen atoms in total. The molecule has 0 aliphatic carbocycles. The average molecular weight is 285 g/mol. The van der Waals surface area contributed by atoms with Crippen LogP contribution in [-0.2, 0) is 13.6 Å². The lowest BCUT2D eigenvalue weighted by Gasteiger charge is -2.36. The van der Waals surface area contributed by atoms with Gasteiger partial charge in [0.15, 0.2) is 0 Å². The summed E-state index contributed by atoms with van der Waals surface area (Å²) in [6.45, 7) is 9.52. The summed E-state index contributed by atoms with van der Waals surface area (Å²) in [5.74, 6) is 1.04. The molecule has 21 heavy (non-hydrogen) atoms. The lowest BCUT2D eigenvalue weighted by molar-refractivity contribution is 0.241. The molecule has 0 atom stereocenters. The van der Waals surface area contributed by atoms with E-state index in [0.717, 1.165) is 38.5 Å². The van der Waals surface area contributed by atoms with E-state index in [2.05, 4.69) is 52.0 Å². The van der Waals surface area contributed by atoms with Gasteiger partial charge >= 0.3 is 0 Å². The highest BCUT2D eigenvalue weighted by atomic mass is 15.3. The Morgan fingerprint density at radius 3 is 2.52 bits per heavy atom. The van der Waals surface area contributed by atoms with Crippen LogP contribution in [0.2, 0.25) is 0 Å². The molecule has 2 heterocycles. The van der Waals surface area contributed by atoms with Crippen LogP contribution in [0.15, 0.2) is 24.5 Å². The fourth-order valence-electron chi connectivity index (χ4n) is 2.86. The normalized spacial score (nSPS) is 16.4. The van der Waals surface area contributed by atoms with Crippen molar-refractivity contribution in [1.82, 2.24) is 19.7 Å². The summed E-state index contributed by atoms with van der Waals surface area (Å²) in [7, 11) is 2.00. The van der Waals surface area contributed by atoms with E-state index < -0.39 is 0 Å².